The maximum atomic E-state index is 12.3. The van der Waals surface area contributed by atoms with E-state index in [1.165, 1.54) is 0 Å². The number of amides is 2. The SMILES string of the molecule is COc1ccccc1NC(=O)NC[C@H]([C@@H]1CCOC1)N1CCOCC1. The fourth-order valence-corrected chi connectivity index (χ4v) is 3.47. The molecule has 25 heavy (non-hydrogen) atoms. The molecule has 2 saturated heterocycles. The van der Waals surface area contributed by atoms with Crippen LogP contribution in [0.15, 0.2) is 24.3 Å². The Morgan fingerprint density at radius 2 is 2.08 bits per heavy atom. The summed E-state index contributed by atoms with van der Waals surface area (Å²) in [6, 6.07) is 7.43. The molecule has 2 atom stereocenters. The van der Waals surface area contributed by atoms with Gasteiger partial charge in [0.15, 0.2) is 0 Å². The molecule has 2 aliphatic heterocycles. The quantitative estimate of drug-likeness (QED) is 0.815. The number of benzene rings is 1. The zero-order valence-corrected chi connectivity index (χ0v) is 14.7. The van der Waals surface area contributed by atoms with Crippen molar-refractivity contribution in [2.75, 3.05) is 58.5 Å². The molecule has 0 aliphatic carbocycles. The molecule has 0 saturated carbocycles. The second-order valence-electron chi connectivity index (χ2n) is 6.37. The molecule has 2 aliphatic rings. The van der Waals surface area contributed by atoms with Crippen molar-refractivity contribution >= 4 is 11.7 Å². The molecule has 2 N–H and O–H groups in total. The van der Waals surface area contributed by atoms with Crippen LogP contribution in [0.3, 0.4) is 0 Å². The summed E-state index contributed by atoms with van der Waals surface area (Å²) < 4.78 is 16.3. The molecule has 2 heterocycles. The lowest BCUT2D eigenvalue weighted by molar-refractivity contribution is 0.00222. The average molecular weight is 349 g/mol. The van der Waals surface area contributed by atoms with Crippen LogP contribution in [0, 0.1) is 5.92 Å². The second-order valence-corrected chi connectivity index (χ2v) is 6.37. The summed E-state index contributed by atoms with van der Waals surface area (Å²) in [6.07, 6.45) is 1.04. The number of hydrogen-bond acceptors (Lipinski definition) is 5. The summed E-state index contributed by atoms with van der Waals surface area (Å²) >= 11 is 0. The van der Waals surface area contributed by atoms with Crippen molar-refractivity contribution in [3.05, 3.63) is 24.3 Å². The number of anilines is 1. The van der Waals surface area contributed by atoms with Crippen LogP contribution in [0.25, 0.3) is 0 Å². The average Bonchev–Trinajstić information content (AvgIpc) is 3.18. The highest BCUT2D eigenvalue weighted by Crippen LogP contribution is 2.24. The fourth-order valence-electron chi connectivity index (χ4n) is 3.47. The van der Waals surface area contributed by atoms with Crippen LogP contribution in [-0.4, -0.2) is 70.1 Å². The minimum Gasteiger partial charge on any atom is -0.495 e. The number of rotatable bonds is 6. The number of urea groups is 1. The minimum atomic E-state index is -0.221. The highest BCUT2D eigenvalue weighted by atomic mass is 16.5. The van der Waals surface area contributed by atoms with Gasteiger partial charge >= 0.3 is 6.03 Å². The summed E-state index contributed by atoms with van der Waals surface area (Å²) in [5.74, 6) is 1.09. The number of nitrogens with one attached hydrogen (secondary N) is 2. The molecule has 0 aromatic heterocycles. The summed E-state index contributed by atoms with van der Waals surface area (Å²) in [7, 11) is 1.59. The van der Waals surface area contributed by atoms with Gasteiger partial charge < -0.3 is 24.8 Å². The summed E-state index contributed by atoms with van der Waals surface area (Å²) in [5.41, 5.74) is 0.662. The number of carbonyl (C=O) groups excluding carboxylic acids is 1. The third-order valence-corrected chi connectivity index (χ3v) is 4.85. The van der Waals surface area contributed by atoms with Crippen molar-refractivity contribution in [2.24, 2.45) is 5.92 Å². The largest absolute Gasteiger partial charge is 0.495 e. The molecular weight excluding hydrogens is 322 g/mol. The van der Waals surface area contributed by atoms with Gasteiger partial charge in [0, 0.05) is 38.2 Å². The van der Waals surface area contributed by atoms with Gasteiger partial charge in [-0.05, 0) is 18.6 Å². The molecular formula is C18H27N3O4. The maximum Gasteiger partial charge on any atom is 0.319 e. The van der Waals surface area contributed by atoms with Crippen LogP contribution in [0.5, 0.6) is 5.75 Å². The van der Waals surface area contributed by atoms with Gasteiger partial charge in [-0.3, -0.25) is 4.90 Å². The molecule has 2 amide bonds. The Kier molecular flexibility index (Phi) is 6.49. The highest BCUT2D eigenvalue weighted by molar-refractivity contribution is 5.90. The molecule has 1 aromatic carbocycles. The molecule has 7 nitrogen and oxygen atoms in total. The van der Waals surface area contributed by atoms with Crippen LogP contribution in [0.4, 0.5) is 10.5 Å². The Bertz CT molecular complexity index is 557. The Morgan fingerprint density at radius 1 is 1.28 bits per heavy atom. The Labute approximate surface area is 148 Å². The van der Waals surface area contributed by atoms with E-state index in [1.807, 2.05) is 24.3 Å². The topological polar surface area (TPSA) is 72.1 Å². The van der Waals surface area contributed by atoms with E-state index in [1.54, 1.807) is 7.11 Å². The van der Waals surface area contributed by atoms with Crippen LogP contribution >= 0.6 is 0 Å². The van der Waals surface area contributed by atoms with Crippen molar-refractivity contribution in [1.82, 2.24) is 10.2 Å². The highest BCUT2D eigenvalue weighted by Gasteiger charge is 2.31. The van der Waals surface area contributed by atoms with Gasteiger partial charge in [0.2, 0.25) is 0 Å². The van der Waals surface area contributed by atoms with E-state index in [4.69, 9.17) is 14.2 Å². The number of nitrogens with zero attached hydrogens (tertiary/aromatic N) is 1. The first-order valence-electron chi connectivity index (χ1n) is 8.85. The van der Waals surface area contributed by atoms with Crippen molar-refractivity contribution in [3.63, 3.8) is 0 Å². The lowest BCUT2D eigenvalue weighted by Gasteiger charge is -2.37. The third kappa shape index (κ3) is 4.84. The molecule has 0 radical (unpaired) electrons. The minimum absolute atomic E-state index is 0.221. The van der Waals surface area contributed by atoms with Crippen molar-refractivity contribution in [1.29, 1.82) is 0 Å². The fraction of sp³-hybridized carbons (Fsp3) is 0.611. The molecule has 0 unspecified atom stereocenters. The monoisotopic (exact) mass is 349 g/mol. The van der Waals surface area contributed by atoms with Gasteiger partial charge in [-0.25, -0.2) is 4.79 Å². The number of morpholine rings is 1. The van der Waals surface area contributed by atoms with E-state index in [-0.39, 0.29) is 12.1 Å². The van der Waals surface area contributed by atoms with Crippen molar-refractivity contribution in [3.8, 4) is 5.75 Å². The summed E-state index contributed by atoms with van der Waals surface area (Å²) in [6.45, 7) is 5.45. The second kappa shape index (κ2) is 9.03. The molecule has 7 heteroatoms. The van der Waals surface area contributed by atoms with E-state index in [0.29, 0.717) is 23.9 Å². The van der Waals surface area contributed by atoms with Crippen LogP contribution in [-0.2, 0) is 9.47 Å². The zero-order chi connectivity index (χ0) is 17.5. The molecule has 3 rings (SSSR count). The molecule has 2 fully saturated rings. The van der Waals surface area contributed by atoms with Crippen LogP contribution in [0.2, 0.25) is 0 Å². The van der Waals surface area contributed by atoms with Gasteiger partial charge in [0.1, 0.15) is 5.75 Å². The molecule has 1 aromatic rings. The first-order valence-corrected chi connectivity index (χ1v) is 8.85. The van der Waals surface area contributed by atoms with Gasteiger partial charge in [-0.15, -0.1) is 0 Å². The molecule has 0 bridgehead atoms. The van der Waals surface area contributed by atoms with E-state index in [9.17, 15) is 4.79 Å². The first-order chi connectivity index (χ1) is 12.3. The van der Waals surface area contributed by atoms with Crippen LogP contribution in [0.1, 0.15) is 6.42 Å². The smallest absolute Gasteiger partial charge is 0.319 e. The summed E-state index contributed by atoms with van der Waals surface area (Å²) in [4.78, 5) is 14.7. The van der Waals surface area contributed by atoms with Gasteiger partial charge in [0.05, 0.1) is 32.6 Å². The van der Waals surface area contributed by atoms with Gasteiger partial charge in [-0.2, -0.15) is 0 Å². The molecule has 0 spiro atoms. The zero-order valence-electron chi connectivity index (χ0n) is 14.7. The predicted molar refractivity (Wildman–Crippen MR) is 95.1 cm³/mol. The number of ether oxygens (including phenoxy) is 3. The van der Waals surface area contributed by atoms with Gasteiger partial charge in [0.25, 0.3) is 0 Å². The maximum absolute atomic E-state index is 12.3. The van der Waals surface area contributed by atoms with E-state index < -0.39 is 0 Å². The normalized spacial score (nSPS) is 22.4. The lowest BCUT2D eigenvalue weighted by atomic mass is 9.97. The van der Waals surface area contributed by atoms with E-state index in [0.717, 1.165) is 45.9 Å². The number of methoxy groups -OCH3 is 1. The van der Waals surface area contributed by atoms with E-state index >= 15 is 0 Å². The van der Waals surface area contributed by atoms with Gasteiger partial charge in [-0.1, -0.05) is 12.1 Å². The third-order valence-electron chi connectivity index (χ3n) is 4.85. The predicted octanol–water partition coefficient (Wildman–Crippen LogP) is 1.55. The summed E-state index contributed by atoms with van der Waals surface area (Å²) in [5, 5.41) is 5.87. The van der Waals surface area contributed by atoms with Crippen molar-refractivity contribution < 1.29 is 19.0 Å². The van der Waals surface area contributed by atoms with Crippen LogP contribution < -0.4 is 15.4 Å². The number of para-hydroxylation sites is 2. The number of hydrogen-bond donors (Lipinski definition) is 2. The standard InChI is InChI=1S/C18H27N3O4/c1-23-17-5-3-2-4-15(17)20-18(22)19-12-16(14-6-9-25-13-14)21-7-10-24-11-8-21/h2-5,14,16H,6-13H2,1H3,(H2,19,20,22)/t14-,16-/m1/s1. The Morgan fingerprint density at radius 3 is 2.80 bits per heavy atom. The Hall–Kier alpha value is -1.83. The lowest BCUT2D eigenvalue weighted by Crippen LogP contribution is -2.52. The number of carbonyl (C=O) groups is 1. The van der Waals surface area contributed by atoms with Crippen molar-refractivity contribution in [2.45, 2.75) is 12.5 Å². The first kappa shape index (κ1) is 18.0. The Balaban J connectivity index is 1.57. The van der Waals surface area contributed by atoms with E-state index in [2.05, 4.69) is 15.5 Å². The molecule has 138 valence electrons.